The molecule has 1 unspecified atom stereocenters. The largest absolute Gasteiger partial charge is 0.354 e. The molecule has 0 saturated heterocycles. The fraction of sp³-hybridized carbons (Fsp3) is 0.0769. The first-order chi connectivity index (χ1) is 28.7. The zero-order chi connectivity index (χ0) is 40.4. The van der Waals surface area contributed by atoms with E-state index in [2.05, 4.69) is 228 Å². The highest BCUT2D eigenvalue weighted by molar-refractivity contribution is 6.18. The second-order valence-corrected chi connectivity index (χ2v) is 13.9. The second kappa shape index (κ2) is 18.4. The Kier molecular flexibility index (Phi) is 12.5. The molecule has 0 aliphatic heterocycles. The molecule has 0 radical (unpaired) electrons. The van der Waals surface area contributed by atoms with Gasteiger partial charge in [-0.15, -0.1) is 0 Å². The highest BCUT2D eigenvalue weighted by atomic mass is 15.0. The predicted molar refractivity (Wildman–Crippen MR) is 250 cm³/mol. The molecule has 0 spiro atoms. The van der Waals surface area contributed by atoms with Crippen LogP contribution < -0.4 is 22.7 Å². The third kappa shape index (κ3) is 7.91. The van der Waals surface area contributed by atoms with Crippen LogP contribution in [0, 0.1) is 0 Å². The number of allylic oxidation sites excluding steroid dienone is 1. The number of nitrogens with two attached hydrogens (primary N) is 3. The van der Waals surface area contributed by atoms with E-state index < -0.39 is 0 Å². The molecule has 1 atom stereocenters. The van der Waals surface area contributed by atoms with Gasteiger partial charge in [0.1, 0.15) is 0 Å². The van der Waals surface area contributed by atoms with Crippen LogP contribution in [0.25, 0.3) is 70.8 Å². The van der Waals surface area contributed by atoms with Gasteiger partial charge in [0, 0.05) is 44.8 Å². The van der Waals surface area contributed by atoms with Crippen molar-refractivity contribution in [3.8, 4) is 5.69 Å². The molecular formula is C52H50N6. The van der Waals surface area contributed by atoms with Gasteiger partial charge in [0.15, 0.2) is 0 Å². The molecular weight excluding hydrogens is 709 g/mol. The second-order valence-electron chi connectivity index (χ2n) is 13.9. The van der Waals surface area contributed by atoms with E-state index in [4.69, 9.17) is 0 Å². The van der Waals surface area contributed by atoms with Crippen LogP contribution in [0.5, 0.6) is 0 Å². The molecule has 58 heavy (non-hydrogen) atoms. The molecule has 10 rings (SSSR count). The zero-order valence-electron chi connectivity index (χ0n) is 33.1. The minimum absolute atomic E-state index is 0.110. The smallest absolute Gasteiger partial charge is 0.0576 e. The Morgan fingerprint density at radius 3 is 1.90 bits per heavy atom. The number of fused-ring (bicyclic) bond motifs is 8. The number of hydrogen-bond donors (Lipinski definition) is 5. The van der Waals surface area contributed by atoms with E-state index in [0.717, 1.165) is 6.54 Å². The number of rotatable bonds is 7. The van der Waals surface area contributed by atoms with E-state index in [1.54, 1.807) is 0 Å². The van der Waals surface area contributed by atoms with Crippen molar-refractivity contribution >= 4 is 65.2 Å². The average Bonchev–Trinajstić information content (AvgIpc) is 3.83. The summed E-state index contributed by atoms with van der Waals surface area (Å²) in [6.45, 7) is 6.90. The van der Waals surface area contributed by atoms with E-state index >= 15 is 0 Å². The maximum atomic E-state index is 4.50. The van der Waals surface area contributed by atoms with Gasteiger partial charge in [-0.25, -0.2) is 0 Å². The Morgan fingerprint density at radius 1 is 0.586 bits per heavy atom. The lowest BCUT2D eigenvalue weighted by molar-refractivity contribution is 0.604. The standard InChI is InChI=1S/C27H25N.C24H16N2.CH5N.H4N2/c1-3-21(4-2)27(26-16-15-23-10-6-8-12-25(23)18-26)28-19-20-13-14-22-9-5-7-11-24(22)17-20;1-2-8-16(9-3-1)26-23-13-7-5-11-18(23)20-14-19-17-10-4-6-12-21(17)25-22(19)15-24(20)26;2*1-2/h3-18,27-28H,1,19H2,2H3;1-15,25H;2H2,1H3;1-2H2/b21-4+;;;. The van der Waals surface area contributed by atoms with Gasteiger partial charge >= 0.3 is 0 Å². The van der Waals surface area contributed by atoms with Crippen LogP contribution in [0.15, 0.2) is 200 Å². The van der Waals surface area contributed by atoms with Crippen molar-refractivity contribution < 1.29 is 0 Å². The maximum absolute atomic E-state index is 4.50. The SMILES string of the molecule is C=C/C(=C\C)C(NCc1ccc2ccccc2c1)c1ccc2ccccc2c1.CN.NN.c1ccc(-n2c3ccccc3c3cc4c(cc32)[nH]c2ccccc24)cc1. The van der Waals surface area contributed by atoms with Gasteiger partial charge in [0.25, 0.3) is 0 Å². The van der Waals surface area contributed by atoms with Crippen molar-refractivity contribution in [3.05, 3.63) is 211 Å². The summed E-state index contributed by atoms with van der Waals surface area (Å²) < 4.78 is 2.36. The lowest BCUT2D eigenvalue weighted by atomic mass is 9.95. The Balaban J connectivity index is 0.000000163. The topological polar surface area (TPSA) is 111 Å². The monoisotopic (exact) mass is 758 g/mol. The molecule has 10 aromatic rings. The molecule has 6 nitrogen and oxygen atoms in total. The Morgan fingerprint density at radius 2 is 1.19 bits per heavy atom. The number of aromatic amines is 1. The van der Waals surface area contributed by atoms with Crippen molar-refractivity contribution in [1.82, 2.24) is 14.9 Å². The van der Waals surface area contributed by atoms with Gasteiger partial charge in [0.2, 0.25) is 0 Å². The minimum atomic E-state index is 0.110. The number of H-pyrrole nitrogens is 1. The fourth-order valence-corrected chi connectivity index (χ4v) is 7.96. The number of aromatic nitrogens is 2. The first-order valence-electron chi connectivity index (χ1n) is 19.6. The van der Waals surface area contributed by atoms with Gasteiger partial charge < -0.3 is 20.6 Å². The molecule has 0 fully saturated rings. The van der Waals surface area contributed by atoms with E-state index in [1.807, 2.05) is 6.08 Å². The van der Waals surface area contributed by atoms with E-state index in [9.17, 15) is 0 Å². The van der Waals surface area contributed by atoms with Crippen LogP contribution >= 0.6 is 0 Å². The van der Waals surface area contributed by atoms with Gasteiger partial charge in [-0.2, -0.15) is 0 Å². The normalized spacial score (nSPS) is 11.8. The molecule has 0 aliphatic rings. The fourth-order valence-electron chi connectivity index (χ4n) is 7.96. The summed E-state index contributed by atoms with van der Waals surface area (Å²) in [4.78, 5) is 3.58. The molecule has 0 amide bonds. The lowest BCUT2D eigenvalue weighted by Crippen LogP contribution is -2.22. The molecule has 8 aromatic carbocycles. The number of nitrogens with one attached hydrogen (secondary N) is 2. The summed E-state index contributed by atoms with van der Waals surface area (Å²) in [6.07, 6.45) is 4.09. The van der Waals surface area contributed by atoms with E-state index in [0.29, 0.717) is 0 Å². The van der Waals surface area contributed by atoms with E-state index in [1.165, 1.54) is 94.6 Å². The predicted octanol–water partition coefficient (Wildman–Crippen LogP) is 11.8. The van der Waals surface area contributed by atoms with Gasteiger partial charge in [0.05, 0.1) is 17.1 Å². The highest BCUT2D eigenvalue weighted by Gasteiger charge is 2.16. The maximum Gasteiger partial charge on any atom is 0.0576 e. The van der Waals surface area contributed by atoms with Crippen LogP contribution in [0.4, 0.5) is 0 Å². The summed E-state index contributed by atoms with van der Waals surface area (Å²) in [5, 5.41) is 14.0. The summed E-state index contributed by atoms with van der Waals surface area (Å²) in [6, 6.07) is 62.9. The number of para-hydroxylation sites is 3. The number of nitrogens with zero attached hydrogens (tertiary/aromatic N) is 1. The van der Waals surface area contributed by atoms with Crippen molar-refractivity contribution in [2.75, 3.05) is 7.05 Å². The molecule has 6 heteroatoms. The molecule has 8 N–H and O–H groups in total. The van der Waals surface area contributed by atoms with Crippen molar-refractivity contribution in [2.45, 2.75) is 19.5 Å². The molecule has 0 aliphatic carbocycles. The number of benzene rings is 8. The first-order valence-corrected chi connectivity index (χ1v) is 19.6. The molecule has 2 heterocycles. The average molecular weight is 759 g/mol. The summed E-state index contributed by atoms with van der Waals surface area (Å²) in [5.41, 5.74) is 14.3. The highest BCUT2D eigenvalue weighted by Crippen LogP contribution is 2.37. The zero-order valence-corrected chi connectivity index (χ0v) is 33.1. The van der Waals surface area contributed by atoms with Crippen molar-refractivity contribution in [3.63, 3.8) is 0 Å². The van der Waals surface area contributed by atoms with Crippen LogP contribution in [-0.4, -0.2) is 16.6 Å². The molecule has 2 aromatic heterocycles. The van der Waals surface area contributed by atoms with Gasteiger partial charge in [-0.3, -0.25) is 11.7 Å². The first kappa shape index (κ1) is 39.4. The number of hydrazine groups is 1. The molecule has 0 bridgehead atoms. The summed E-state index contributed by atoms with van der Waals surface area (Å²) >= 11 is 0. The molecule has 288 valence electrons. The van der Waals surface area contributed by atoms with Gasteiger partial charge in [-0.05, 0) is 101 Å². The van der Waals surface area contributed by atoms with Crippen molar-refractivity contribution in [2.24, 2.45) is 17.4 Å². The summed E-state index contributed by atoms with van der Waals surface area (Å²) in [5.74, 6) is 8.00. The number of hydrogen-bond acceptors (Lipinski definition) is 4. The summed E-state index contributed by atoms with van der Waals surface area (Å²) in [7, 11) is 1.50. The quantitative estimate of drug-likeness (QED) is 0.0633. The van der Waals surface area contributed by atoms with Crippen LogP contribution in [0.3, 0.4) is 0 Å². The molecule has 0 saturated carbocycles. The Hall–Kier alpha value is -6.80. The Bertz CT molecular complexity index is 2990. The third-order valence-corrected chi connectivity index (χ3v) is 10.6. The van der Waals surface area contributed by atoms with Crippen LogP contribution in [-0.2, 0) is 6.54 Å². The van der Waals surface area contributed by atoms with Crippen LogP contribution in [0.2, 0.25) is 0 Å². The third-order valence-electron chi connectivity index (χ3n) is 10.6. The van der Waals surface area contributed by atoms with E-state index in [-0.39, 0.29) is 6.04 Å². The lowest BCUT2D eigenvalue weighted by Gasteiger charge is -2.21. The van der Waals surface area contributed by atoms with Crippen molar-refractivity contribution in [1.29, 1.82) is 0 Å². The van der Waals surface area contributed by atoms with Gasteiger partial charge in [-0.1, -0.05) is 146 Å². The Labute approximate surface area is 339 Å². The minimum Gasteiger partial charge on any atom is -0.354 e. The van der Waals surface area contributed by atoms with Crippen LogP contribution in [0.1, 0.15) is 24.1 Å².